The second-order valence-corrected chi connectivity index (χ2v) is 3.75. The highest BCUT2D eigenvalue weighted by molar-refractivity contribution is 5.98. The van der Waals surface area contributed by atoms with Crippen LogP contribution in [0.1, 0.15) is 43.6 Å². The number of nitrogens with zero attached hydrogens (tertiary/aromatic N) is 2. The summed E-state index contributed by atoms with van der Waals surface area (Å²) < 4.78 is 1.01. The van der Waals surface area contributed by atoms with Crippen LogP contribution >= 0.6 is 0 Å². The van der Waals surface area contributed by atoms with Crippen LogP contribution < -0.4 is 0 Å². The first-order chi connectivity index (χ1) is 6.93. The SMILES string of the molecule is CC(=O)CC(=O)n1cnc(C(C)C)c1O. The van der Waals surface area contributed by atoms with Gasteiger partial charge in [0.25, 0.3) is 0 Å². The van der Waals surface area contributed by atoms with Crippen LogP contribution in [0.25, 0.3) is 0 Å². The van der Waals surface area contributed by atoms with E-state index >= 15 is 0 Å². The molecule has 1 N–H and O–H groups in total. The van der Waals surface area contributed by atoms with E-state index in [9.17, 15) is 14.7 Å². The molecular weight excluding hydrogens is 196 g/mol. The summed E-state index contributed by atoms with van der Waals surface area (Å²) in [5, 5.41) is 9.65. The van der Waals surface area contributed by atoms with E-state index in [0.717, 1.165) is 4.57 Å². The van der Waals surface area contributed by atoms with Crippen molar-refractivity contribution in [3.8, 4) is 5.88 Å². The van der Waals surface area contributed by atoms with Crippen LogP contribution in [0.5, 0.6) is 5.88 Å². The van der Waals surface area contributed by atoms with E-state index in [2.05, 4.69) is 4.98 Å². The lowest BCUT2D eigenvalue weighted by Gasteiger charge is -2.03. The van der Waals surface area contributed by atoms with Crippen molar-refractivity contribution in [3.63, 3.8) is 0 Å². The summed E-state index contributed by atoms with van der Waals surface area (Å²) in [6, 6.07) is 0. The van der Waals surface area contributed by atoms with Crippen molar-refractivity contribution in [2.75, 3.05) is 0 Å². The van der Waals surface area contributed by atoms with Gasteiger partial charge >= 0.3 is 0 Å². The molecule has 1 aromatic rings. The molecule has 0 aliphatic carbocycles. The monoisotopic (exact) mass is 210 g/mol. The van der Waals surface area contributed by atoms with Crippen LogP contribution in [-0.2, 0) is 4.79 Å². The average Bonchev–Trinajstić information content (AvgIpc) is 2.45. The van der Waals surface area contributed by atoms with Crippen LogP contribution in [0.3, 0.4) is 0 Å². The van der Waals surface area contributed by atoms with Crippen molar-refractivity contribution in [2.45, 2.75) is 33.1 Å². The molecule has 0 amide bonds. The van der Waals surface area contributed by atoms with Crippen molar-refractivity contribution >= 4 is 11.7 Å². The Kier molecular flexibility index (Phi) is 3.24. The largest absolute Gasteiger partial charge is 0.493 e. The van der Waals surface area contributed by atoms with E-state index in [0.29, 0.717) is 5.69 Å². The number of rotatable bonds is 3. The number of imidazole rings is 1. The summed E-state index contributed by atoms with van der Waals surface area (Å²) in [6.45, 7) is 5.05. The lowest BCUT2D eigenvalue weighted by molar-refractivity contribution is -0.116. The van der Waals surface area contributed by atoms with Gasteiger partial charge in [-0.2, -0.15) is 0 Å². The molecule has 0 aliphatic rings. The van der Waals surface area contributed by atoms with Crippen molar-refractivity contribution in [3.05, 3.63) is 12.0 Å². The third kappa shape index (κ3) is 2.43. The number of Topliss-reactive ketones (excluding diaryl/α,β-unsaturated/α-hetero) is 1. The van der Waals surface area contributed by atoms with Crippen molar-refractivity contribution in [2.24, 2.45) is 0 Å². The minimum Gasteiger partial charge on any atom is -0.493 e. The molecule has 0 fully saturated rings. The predicted molar refractivity (Wildman–Crippen MR) is 53.9 cm³/mol. The molecule has 5 nitrogen and oxygen atoms in total. The van der Waals surface area contributed by atoms with E-state index in [1.54, 1.807) is 0 Å². The second-order valence-electron chi connectivity index (χ2n) is 3.75. The average molecular weight is 210 g/mol. The Morgan fingerprint density at radius 2 is 2.13 bits per heavy atom. The summed E-state index contributed by atoms with van der Waals surface area (Å²) in [6.07, 6.45) is 1.03. The van der Waals surface area contributed by atoms with Gasteiger partial charge in [-0.1, -0.05) is 13.8 Å². The van der Waals surface area contributed by atoms with Gasteiger partial charge < -0.3 is 5.11 Å². The molecule has 0 aromatic carbocycles. The maximum absolute atomic E-state index is 11.5. The van der Waals surface area contributed by atoms with Gasteiger partial charge in [0.05, 0.1) is 6.42 Å². The van der Waals surface area contributed by atoms with E-state index < -0.39 is 5.91 Å². The van der Waals surface area contributed by atoms with Gasteiger partial charge in [0.1, 0.15) is 17.8 Å². The van der Waals surface area contributed by atoms with Crippen LogP contribution in [0.2, 0.25) is 0 Å². The lowest BCUT2D eigenvalue weighted by atomic mass is 10.1. The van der Waals surface area contributed by atoms with Gasteiger partial charge in [0, 0.05) is 5.92 Å². The van der Waals surface area contributed by atoms with Crippen LogP contribution in [0, 0.1) is 0 Å². The molecular formula is C10H14N2O3. The minimum absolute atomic E-state index is 0.0383. The minimum atomic E-state index is -0.459. The fourth-order valence-corrected chi connectivity index (χ4v) is 1.24. The molecule has 0 bridgehead atoms. The Bertz CT molecular complexity index is 393. The maximum atomic E-state index is 11.5. The maximum Gasteiger partial charge on any atom is 0.242 e. The van der Waals surface area contributed by atoms with E-state index in [1.807, 2.05) is 13.8 Å². The van der Waals surface area contributed by atoms with Crippen LogP contribution in [0.4, 0.5) is 0 Å². The Morgan fingerprint density at radius 1 is 1.53 bits per heavy atom. The molecule has 1 rings (SSSR count). The van der Waals surface area contributed by atoms with Gasteiger partial charge in [-0.05, 0) is 6.92 Å². The fourth-order valence-electron chi connectivity index (χ4n) is 1.24. The summed E-state index contributed by atoms with van der Waals surface area (Å²) in [4.78, 5) is 26.1. The number of carbonyl (C=O) groups excluding carboxylic acids is 2. The molecule has 0 aliphatic heterocycles. The molecule has 82 valence electrons. The summed E-state index contributed by atoms with van der Waals surface area (Å²) in [5.41, 5.74) is 0.465. The standard InChI is InChI=1S/C10H14N2O3/c1-6(2)9-10(15)12(5-11-9)8(14)4-7(3)13/h5-6,15H,4H2,1-3H3. The van der Waals surface area contributed by atoms with Crippen molar-refractivity contribution < 1.29 is 14.7 Å². The number of aromatic hydroxyl groups is 1. The zero-order chi connectivity index (χ0) is 11.6. The quantitative estimate of drug-likeness (QED) is 0.764. The molecule has 0 spiro atoms. The van der Waals surface area contributed by atoms with E-state index in [4.69, 9.17) is 0 Å². The smallest absolute Gasteiger partial charge is 0.242 e. The Morgan fingerprint density at radius 3 is 2.53 bits per heavy atom. The first-order valence-corrected chi connectivity index (χ1v) is 4.72. The first kappa shape index (κ1) is 11.4. The van der Waals surface area contributed by atoms with Gasteiger partial charge in [-0.3, -0.25) is 9.59 Å². The Balaban J connectivity index is 2.96. The molecule has 1 heterocycles. The van der Waals surface area contributed by atoms with Crippen LogP contribution in [0.15, 0.2) is 6.33 Å². The predicted octanol–water partition coefficient (Wildman–Crippen LogP) is 1.33. The molecule has 0 unspecified atom stereocenters. The topological polar surface area (TPSA) is 72.2 Å². The highest BCUT2D eigenvalue weighted by Crippen LogP contribution is 2.23. The zero-order valence-electron chi connectivity index (χ0n) is 9.02. The molecule has 0 atom stereocenters. The van der Waals surface area contributed by atoms with E-state index in [1.165, 1.54) is 13.3 Å². The summed E-state index contributed by atoms with van der Waals surface area (Å²) >= 11 is 0. The number of ketones is 1. The summed E-state index contributed by atoms with van der Waals surface area (Å²) in [5.74, 6) is -0.828. The number of hydrogen-bond acceptors (Lipinski definition) is 4. The summed E-state index contributed by atoms with van der Waals surface area (Å²) in [7, 11) is 0. The molecule has 0 radical (unpaired) electrons. The third-order valence-electron chi connectivity index (χ3n) is 1.99. The van der Waals surface area contributed by atoms with Crippen molar-refractivity contribution in [1.29, 1.82) is 0 Å². The van der Waals surface area contributed by atoms with Gasteiger partial charge in [-0.25, -0.2) is 9.55 Å². The highest BCUT2D eigenvalue weighted by Gasteiger charge is 2.17. The van der Waals surface area contributed by atoms with Crippen LogP contribution in [-0.4, -0.2) is 26.3 Å². The highest BCUT2D eigenvalue weighted by atomic mass is 16.3. The molecule has 0 saturated heterocycles. The van der Waals surface area contributed by atoms with Gasteiger partial charge in [0.15, 0.2) is 0 Å². The lowest BCUT2D eigenvalue weighted by Crippen LogP contribution is -2.12. The number of carbonyl (C=O) groups is 2. The van der Waals surface area contributed by atoms with Gasteiger partial charge in [-0.15, -0.1) is 0 Å². The third-order valence-corrected chi connectivity index (χ3v) is 1.99. The Hall–Kier alpha value is -1.65. The zero-order valence-corrected chi connectivity index (χ0v) is 9.02. The number of aromatic nitrogens is 2. The molecule has 15 heavy (non-hydrogen) atoms. The molecule has 0 saturated carbocycles. The number of hydrogen-bond donors (Lipinski definition) is 1. The molecule has 1 aromatic heterocycles. The van der Waals surface area contributed by atoms with Gasteiger partial charge in [0.2, 0.25) is 11.8 Å². The van der Waals surface area contributed by atoms with E-state index in [-0.39, 0.29) is 24.0 Å². The molecule has 5 heteroatoms. The van der Waals surface area contributed by atoms with Crippen molar-refractivity contribution in [1.82, 2.24) is 9.55 Å². The normalized spacial score (nSPS) is 10.7. The first-order valence-electron chi connectivity index (χ1n) is 4.72. The fraction of sp³-hybridized carbons (Fsp3) is 0.500. The second kappa shape index (κ2) is 4.25. The Labute approximate surface area is 87.7 Å².